The topological polar surface area (TPSA) is 101 Å². The van der Waals surface area contributed by atoms with Gasteiger partial charge in [0.15, 0.2) is 9.84 Å². The number of rotatable bonds is 4. The van der Waals surface area contributed by atoms with Gasteiger partial charge in [0.05, 0.1) is 11.5 Å². The minimum atomic E-state index is -3.04. The summed E-state index contributed by atoms with van der Waals surface area (Å²) in [5.41, 5.74) is 0.955. The molecule has 1 heterocycles. The van der Waals surface area contributed by atoms with E-state index in [-0.39, 0.29) is 23.5 Å². The molecule has 1 aromatic carbocycles. The molecule has 0 radical (unpaired) electrons. The minimum Gasteiger partial charge on any atom is -0.478 e. The van der Waals surface area contributed by atoms with E-state index in [9.17, 15) is 18.0 Å². The molecule has 1 fully saturated rings. The highest BCUT2D eigenvalue weighted by molar-refractivity contribution is 7.91. The molecule has 0 aliphatic carbocycles. The Hall–Kier alpha value is -2.15. The summed E-state index contributed by atoms with van der Waals surface area (Å²) in [5.74, 6) is -1.36. The third-order valence-electron chi connectivity index (χ3n) is 3.13. The van der Waals surface area contributed by atoms with Crippen molar-refractivity contribution in [2.45, 2.75) is 12.5 Å². The van der Waals surface area contributed by atoms with Crippen molar-refractivity contribution in [3.63, 3.8) is 0 Å². The highest BCUT2D eigenvalue weighted by Crippen LogP contribution is 2.13. The molecule has 7 heteroatoms. The molecule has 1 unspecified atom stereocenters. The third kappa shape index (κ3) is 4.42. The van der Waals surface area contributed by atoms with Crippen molar-refractivity contribution in [1.82, 2.24) is 5.32 Å². The molecule has 1 atom stereocenters. The van der Waals surface area contributed by atoms with Gasteiger partial charge in [-0.25, -0.2) is 13.2 Å². The highest BCUT2D eigenvalue weighted by Gasteiger charge is 2.29. The lowest BCUT2D eigenvalue weighted by atomic mass is 10.1. The third-order valence-corrected chi connectivity index (χ3v) is 4.90. The first-order valence-electron chi connectivity index (χ1n) is 6.38. The number of hydrogen-bond acceptors (Lipinski definition) is 4. The second-order valence-corrected chi connectivity index (χ2v) is 7.10. The van der Waals surface area contributed by atoms with Crippen LogP contribution in [0.3, 0.4) is 0 Å². The average Bonchev–Trinajstić information content (AvgIpc) is 2.76. The maximum atomic E-state index is 12.1. The smallest absolute Gasteiger partial charge is 0.328 e. The van der Waals surface area contributed by atoms with Crippen molar-refractivity contribution in [3.05, 3.63) is 41.5 Å². The molecule has 2 rings (SSSR count). The van der Waals surface area contributed by atoms with Gasteiger partial charge in [0, 0.05) is 17.7 Å². The van der Waals surface area contributed by atoms with E-state index in [4.69, 9.17) is 5.11 Å². The zero-order chi connectivity index (χ0) is 15.5. The van der Waals surface area contributed by atoms with Crippen LogP contribution in [0.5, 0.6) is 0 Å². The van der Waals surface area contributed by atoms with Crippen molar-refractivity contribution in [3.8, 4) is 0 Å². The van der Waals surface area contributed by atoms with Gasteiger partial charge in [0.1, 0.15) is 0 Å². The first kappa shape index (κ1) is 15.2. The Morgan fingerprint density at radius 2 is 2.10 bits per heavy atom. The summed E-state index contributed by atoms with van der Waals surface area (Å²) in [6.07, 6.45) is 2.80. The van der Waals surface area contributed by atoms with Crippen molar-refractivity contribution >= 4 is 27.8 Å². The van der Waals surface area contributed by atoms with Gasteiger partial charge in [-0.05, 0) is 30.2 Å². The number of nitrogens with one attached hydrogen (secondary N) is 1. The van der Waals surface area contributed by atoms with Crippen LogP contribution in [0.15, 0.2) is 30.3 Å². The van der Waals surface area contributed by atoms with E-state index >= 15 is 0 Å². The van der Waals surface area contributed by atoms with Crippen LogP contribution in [0.25, 0.3) is 6.08 Å². The van der Waals surface area contributed by atoms with E-state index in [1.54, 1.807) is 24.3 Å². The molecule has 1 amide bonds. The number of carbonyl (C=O) groups excluding carboxylic acids is 1. The number of carboxylic acids is 1. The fraction of sp³-hybridized carbons (Fsp3) is 0.286. The zero-order valence-electron chi connectivity index (χ0n) is 11.2. The number of benzene rings is 1. The Bertz CT molecular complexity index is 693. The summed E-state index contributed by atoms with van der Waals surface area (Å²) in [7, 11) is -3.04. The first-order valence-corrected chi connectivity index (χ1v) is 8.20. The highest BCUT2D eigenvalue weighted by atomic mass is 32.2. The van der Waals surface area contributed by atoms with E-state index in [0.29, 0.717) is 17.5 Å². The van der Waals surface area contributed by atoms with Gasteiger partial charge in [-0.1, -0.05) is 12.1 Å². The molecule has 21 heavy (non-hydrogen) atoms. The van der Waals surface area contributed by atoms with Gasteiger partial charge < -0.3 is 10.4 Å². The fourth-order valence-electron chi connectivity index (χ4n) is 2.13. The number of sulfone groups is 1. The van der Waals surface area contributed by atoms with Gasteiger partial charge in [0.25, 0.3) is 5.91 Å². The SMILES string of the molecule is O=C(O)C=Cc1cccc(C(=O)NC2CCS(=O)(=O)C2)c1. The second-order valence-electron chi connectivity index (χ2n) is 4.87. The quantitative estimate of drug-likeness (QED) is 0.797. The maximum absolute atomic E-state index is 12.1. The number of aliphatic carboxylic acids is 1. The molecular formula is C14H15NO5S. The predicted octanol–water partition coefficient (Wildman–Crippen LogP) is 0.701. The van der Waals surface area contributed by atoms with Gasteiger partial charge >= 0.3 is 5.97 Å². The molecule has 0 bridgehead atoms. The lowest BCUT2D eigenvalue weighted by molar-refractivity contribution is -0.131. The Morgan fingerprint density at radius 3 is 2.71 bits per heavy atom. The van der Waals surface area contributed by atoms with E-state index in [1.165, 1.54) is 6.08 Å². The second kappa shape index (κ2) is 6.09. The van der Waals surface area contributed by atoms with Crippen LogP contribution in [0.1, 0.15) is 22.3 Å². The van der Waals surface area contributed by atoms with Crippen LogP contribution in [-0.2, 0) is 14.6 Å². The van der Waals surface area contributed by atoms with Crippen LogP contribution >= 0.6 is 0 Å². The van der Waals surface area contributed by atoms with E-state index in [2.05, 4.69) is 5.32 Å². The molecule has 0 aromatic heterocycles. The molecule has 112 valence electrons. The molecule has 0 saturated carbocycles. The summed E-state index contributed by atoms with van der Waals surface area (Å²) in [5, 5.41) is 11.3. The number of hydrogen-bond donors (Lipinski definition) is 2. The number of carboxylic acid groups (broad SMARTS) is 1. The molecule has 2 N–H and O–H groups in total. The molecule has 6 nitrogen and oxygen atoms in total. The molecule has 1 aromatic rings. The predicted molar refractivity (Wildman–Crippen MR) is 77.6 cm³/mol. The Kier molecular flexibility index (Phi) is 4.42. The first-order chi connectivity index (χ1) is 9.85. The Morgan fingerprint density at radius 1 is 1.33 bits per heavy atom. The summed E-state index contributed by atoms with van der Waals surface area (Å²) >= 11 is 0. The molecule has 0 spiro atoms. The van der Waals surface area contributed by atoms with Crippen LogP contribution in [0.4, 0.5) is 0 Å². The number of amides is 1. The number of carbonyl (C=O) groups is 2. The van der Waals surface area contributed by atoms with Gasteiger partial charge in [-0.15, -0.1) is 0 Å². The van der Waals surface area contributed by atoms with Crippen LogP contribution < -0.4 is 5.32 Å². The van der Waals surface area contributed by atoms with Crippen molar-refractivity contribution in [2.75, 3.05) is 11.5 Å². The maximum Gasteiger partial charge on any atom is 0.328 e. The van der Waals surface area contributed by atoms with Gasteiger partial charge in [-0.3, -0.25) is 4.79 Å². The van der Waals surface area contributed by atoms with E-state index in [0.717, 1.165) is 6.08 Å². The minimum absolute atomic E-state index is 0.0304. The van der Waals surface area contributed by atoms with Crippen LogP contribution in [0, 0.1) is 0 Å². The Labute approximate surface area is 122 Å². The van der Waals surface area contributed by atoms with Crippen molar-refractivity contribution in [1.29, 1.82) is 0 Å². The van der Waals surface area contributed by atoms with Crippen molar-refractivity contribution in [2.24, 2.45) is 0 Å². The van der Waals surface area contributed by atoms with E-state index in [1.807, 2.05) is 0 Å². The average molecular weight is 309 g/mol. The van der Waals surface area contributed by atoms with Crippen molar-refractivity contribution < 1.29 is 23.1 Å². The largest absolute Gasteiger partial charge is 0.478 e. The van der Waals surface area contributed by atoms with Gasteiger partial charge in [-0.2, -0.15) is 0 Å². The summed E-state index contributed by atoms with van der Waals surface area (Å²) < 4.78 is 22.7. The van der Waals surface area contributed by atoms with Crippen LogP contribution in [-0.4, -0.2) is 42.9 Å². The fourth-order valence-corrected chi connectivity index (χ4v) is 3.80. The molecule has 1 aliphatic heterocycles. The standard InChI is InChI=1S/C14H15NO5S/c16-13(17)5-4-10-2-1-3-11(8-10)14(18)15-12-6-7-21(19,20)9-12/h1-5,8,12H,6-7,9H2,(H,15,18)(H,16,17). The summed E-state index contributed by atoms with van der Waals surface area (Å²) in [4.78, 5) is 22.5. The van der Waals surface area contributed by atoms with E-state index < -0.39 is 15.8 Å². The van der Waals surface area contributed by atoms with Crippen LogP contribution in [0.2, 0.25) is 0 Å². The van der Waals surface area contributed by atoms with Gasteiger partial charge in [0.2, 0.25) is 0 Å². The normalized spacial score (nSPS) is 20.5. The lowest BCUT2D eigenvalue weighted by Gasteiger charge is -2.11. The molecular weight excluding hydrogens is 294 g/mol. The Balaban J connectivity index is 2.06. The summed E-state index contributed by atoms with van der Waals surface area (Å²) in [6, 6.07) is 6.11. The zero-order valence-corrected chi connectivity index (χ0v) is 12.0. The lowest BCUT2D eigenvalue weighted by Crippen LogP contribution is -2.35. The monoisotopic (exact) mass is 309 g/mol. The molecule has 1 saturated heterocycles. The molecule has 1 aliphatic rings. The summed E-state index contributed by atoms with van der Waals surface area (Å²) in [6.45, 7) is 0.